The van der Waals surface area contributed by atoms with Crippen molar-refractivity contribution in [3.05, 3.63) is 64.1 Å². The summed E-state index contributed by atoms with van der Waals surface area (Å²) in [7, 11) is 1.66. The summed E-state index contributed by atoms with van der Waals surface area (Å²) >= 11 is 3.42. The van der Waals surface area contributed by atoms with Crippen LogP contribution in [-0.4, -0.2) is 50.8 Å². The van der Waals surface area contributed by atoms with Gasteiger partial charge in [0.05, 0.1) is 32.8 Å². The van der Waals surface area contributed by atoms with E-state index in [1.807, 2.05) is 36.4 Å². The average Bonchev–Trinajstić information content (AvgIpc) is 2.71. The number of hydrogen-bond donors (Lipinski definition) is 1. The highest BCUT2D eigenvalue weighted by atomic mass is 79.9. The predicted octanol–water partition coefficient (Wildman–Crippen LogP) is 3.19. The first-order valence-corrected chi connectivity index (χ1v) is 9.92. The number of carbonyl (C=O) groups excluding carboxylic acids is 1. The molecule has 1 unspecified atom stereocenters. The van der Waals surface area contributed by atoms with Gasteiger partial charge in [-0.3, -0.25) is 9.69 Å². The molecule has 0 saturated carbocycles. The van der Waals surface area contributed by atoms with E-state index < -0.39 is 0 Å². The summed E-state index contributed by atoms with van der Waals surface area (Å²) in [5.74, 6) is 0.864. The molecule has 0 radical (unpaired) electrons. The molecule has 1 saturated heterocycles. The van der Waals surface area contributed by atoms with E-state index in [2.05, 4.69) is 38.3 Å². The molecule has 1 aliphatic rings. The molecule has 1 heterocycles. The van der Waals surface area contributed by atoms with Crippen LogP contribution in [0.2, 0.25) is 0 Å². The van der Waals surface area contributed by atoms with Gasteiger partial charge in [0, 0.05) is 24.1 Å². The van der Waals surface area contributed by atoms with Crippen molar-refractivity contribution in [2.75, 3.05) is 40.0 Å². The Kier molecular flexibility index (Phi) is 7.26. The standard InChI is InChI=1S/C21H25BrN2O3/c1-26-19-8-4-17(5-9-19)20(24-10-12-27-13-11-24)15-23-21(25)14-16-2-6-18(22)7-3-16/h2-9,20H,10-15H2,1H3,(H,23,25). The molecule has 0 aliphatic carbocycles. The molecular formula is C21H25BrN2O3. The summed E-state index contributed by atoms with van der Waals surface area (Å²) < 4.78 is 11.8. The molecule has 0 spiro atoms. The fourth-order valence-corrected chi connectivity index (χ4v) is 3.50. The number of halogens is 1. The first kappa shape index (κ1) is 19.9. The molecule has 1 aliphatic heterocycles. The quantitative estimate of drug-likeness (QED) is 0.729. The van der Waals surface area contributed by atoms with Crippen LogP contribution in [0.4, 0.5) is 0 Å². The second kappa shape index (κ2) is 9.88. The van der Waals surface area contributed by atoms with Crippen molar-refractivity contribution in [3.8, 4) is 5.75 Å². The normalized spacial score (nSPS) is 15.9. The van der Waals surface area contributed by atoms with Crippen LogP contribution < -0.4 is 10.1 Å². The molecule has 1 fully saturated rings. The van der Waals surface area contributed by atoms with Gasteiger partial charge in [0.2, 0.25) is 5.91 Å². The molecular weight excluding hydrogens is 408 g/mol. The molecule has 1 N–H and O–H groups in total. The number of ether oxygens (including phenoxy) is 2. The third-order valence-corrected chi connectivity index (χ3v) is 5.29. The van der Waals surface area contributed by atoms with Gasteiger partial charge in [0.15, 0.2) is 0 Å². The second-order valence-corrected chi connectivity index (χ2v) is 7.46. The minimum Gasteiger partial charge on any atom is -0.497 e. The van der Waals surface area contributed by atoms with E-state index in [0.717, 1.165) is 42.1 Å². The number of nitrogens with one attached hydrogen (secondary N) is 1. The monoisotopic (exact) mass is 432 g/mol. The van der Waals surface area contributed by atoms with Crippen molar-refractivity contribution in [2.45, 2.75) is 12.5 Å². The molecule has 0 bridgehead atoms. The van der Waals surface area contributed by atoms with Gasteiger partial charge in [0.1, 0.15) is 5.75 Å². The Morgan fingerprint density at radius 2 is 1.81 bits per heavy atom. The van der Waals surface area contributed by atoms with Crippen molar-refractivity contribution in [3.63, 3.8) is 0 Å². The van der Waals surface area contributed by atoms with Crippen LogP contribution in [0, 0.1) is 0 Å². The van der Waals surface area contributed by atoms with Crippen LogP contribution in [0.25, 0.3) is 0 Å². The first-order valence-electron chi connectivity index (χ1n) is 9.12. The summed E-state index contributed by atoms with van der Waals surface area (Å²) in [5.41, 5.74) is 2.17. The Hall–Kier alpha value is -1.89. The van der Waals surface area contributed by atoms with Crippen LogP contribution in [0.15, 0.2) is 53.0 Å². The van der Waals surface area contributed by atoms with Gasteiger partial charge >= 0.3 is 0 Å². The van der Waals surface area contributed by atoms with Gasteiger partial charge in [-0.15, -0.1) is 0 Å². The van der Waals surface area contributed by atoms with E-state index in [4.69, 9.17) is 9.47 Å². The van der Waals surface area contributed by atoms with Gasteiger partial charge in [-0.25, -0.2) is 0 Å². The fourth-order valence-electron chi connectivity index (χ4n) is 3.23. The van der Waals surface area contributed by atoms with Crippen molar-refractivity contribution >= 4 is 21.8 Å². The van der Waals surface area contributed by atoms with Gasteiger partial charge < -0.3 is 14.8 Å². The lowest BCUT2D eigenvalue weighted by Crippen LogP contribution is -2.44. The second-order valence-electron chi connectivity index (χ2n) is 6.54. The van der Waals surface area contributed by atoms with E-state index in [1.54, 1.807) is 7.11 Å². The highest BCUT2D eigenvalue weighted by Gasteiger charge is 2.23. The highest BCUT2D eigenvalue weighted by molar-refractivity contribution is 9.10. The lowest BCUT2D eigenvalue weighted by molar-refractivity contribution is -0.120. The van der Waals surface area contributed by atoms with Crippen molar-refractivity contribution in [1.82, 2.24) is 10.2 Å². The molecule has 27 heavy (non-hydrogen) atoms. The summed E-state index contributed by atoms with van der Waals surface area (Å²) in [4.78, 5) is 14.8. The van der Waals surface area contributed by atoms with Crippen LogP contribution in [0.1, 0.15) is 17.2 Å². The zero-order chi connectivity index (χ0) is 19.1. The molecule has 2 aromatic rings. The number of amides is 1. The number of carbonyl (C=O) groups is 1. The van der Waals surface area contributed by atoms with E-state index in [-0.39, 0.29) is 11.9 Å². The molecule has 1 atom stereocenters. The maximum absolute atomic E-state index is 12.4. The Labute approximate surface area is 168 Å². The fraction of sp³-hybridized carbons (Fsp3) is 0.381. The van der Waals surface area contributed by atoms with E-state index in [9.17, 15) is 4.79 Å². The van der Waals surface area contributed by atoms with Crippen LogP contribution in [0.3, 0.4) is 0 Å². The molecule has 1 amide bonds. The lowest BCUT2D eigenvalue weighted by Gasteiger charge is -2.35. The van der Waals surface area contributed by atoms with Crippen molar-refractivity contribution in [2.24, 2.45) is 0 Å². The van der Waals surface area contributed by atoms with Gasteiger partial charge in [0.25, 0.3) is 0 Å². The number of rotatable bonds is 7. The van der Waals surface area contributed by atoms with Crippen LogP contribution >= 0.6 is 15.9 Å². The zero-order valence-corrected chi connectivity index (χ0v) is 17.1. The van der Waals surface area contributed by atoms with Gasteiger partial charge in [-0.05, 0) is 35.4 Å². The van der Waals surface area contributed by atoms with E-state index in [1.165, 1.54) is 5.56 Å². The van der Waals surface area contributed by atoms with E-state index in [0.29, 0.717) is 13.0 Å². The SMILES string of the molecule is COc1ccc(C(CNC(=O)Cc2ccc(Br)cc2)N2CCOCC2)cc1. The smallest absolute Gasteiger partial charge is 0.224 e. The Morgan fingerprint density at radius 1 is 1.15 bits per heavy atom. The molecule has 144 valence electrons. The zero-order valence-electron chi connectivity index (χ0n) is 15.5. The highest BCUT2D eigenvalue weighted by Crippen LogP contribution is 2.23. The number of methoxy groups -OCH3 is 1. The third-order valence-electron chi connectivity index (χ3n) is 4.76. The summed E-state index contributed by atoms with van der Waals surface area (Å²) in [5, 5.41) is 3.11. The van der Waals surface area contributed by atoms with Crippen LogP contribution in [0.5, 0.6) is 5.75 Å². The maximum Gasteiger partial charge on any atom is 0.224 e. The molecule has 5 nitrogen and oxygen atoms in total. The minimum absolute atomic E-state index is 0.0316. The number of nitrogens with zero attached hydrogens (tertiary/aromatic N) is 1. The molecule has 2 aromatic carbocycles. The molecule has 0 aromatic heterocycles. The average molecular weight is 433 g/mol. The first-order chi connectivity index (χ1) is 13.2. The minimum atomic E-state index is 0.0316. The Bertz CT molecular complexity index is 728. The van der Waals surface area contributed by atoms with Crippen molar-refractivity contribution < 1.29 is 14.3 Å². The number of benzene rings is 2. The largest absolute Gasteiger partial charge is 0.497 e. The summed E-state index contributed by atoms with van der Waals surface area (Å²) in [6.07, 6.45) is 0.381. The van der Waals surface area contributed by atoms with Crippen molar-refractivity contribution in [1.29, 1.82) is 0 Å². The summed E-state index contributed by atoms with van der Waals surface area (Å²) in [6, 6.07) is 16.0. The predicted molar refractivity (Wildman–Crippen MR) is 109 cm³/mol. The van der Waals surface area contributed by atoms with E-state index >= 15 is 0 Å². The molecule has 3 rings (SSSR count). The Morgan fingerprint density at radius 3 is 2.44 bits per heavy atom. The van der Waals surface area contributed by atoms with Gasteiger partial charge in [-0.2, -0.15) is 0 Å². The third kappa shape index (κ3) is 5.79. The Balaban J connectivity index is 1.64. The molecule has 6 heteroatoms. The van der Waals surface area contributed by atoms with Gasteiger partial charge in [-0.1, -0.05) is 40.2 Å². The number of morpholine rings is 1. The van der Waals surface area contributed by atoms with Crippen LogP contribution in [-0.2, 0) is 16.0 Å². The lowest BCUT2D eigenvalue weighted by atomic mass is 10.0. The maximum atomic E-state index is 12.4. The topological polar surface area (TPSA) is 50.8 Å². The summed E-state index contributed by atoms with van der Waals surface area (Å²) in [6.45, 7) is 3.74. The number of hydrogen-bond acceptors (Lipinski definition) is 4.